The van der Waals surface area contributed by atoms with Crippen molar-refractivity contribution in [3.8, 4) is 22.3 Å². The molecule has 0 aliphatic rings. The molecule has 0 unspecified atom stereocenters. The van der Waals surface area contributed by atoms with Gasteiger partial charge >= 0.3 is 0 Å². The highest BCUT2D eigenvalue weighted by atomic mass is 16.3. The summed E-state index contributed by atoms with van der Waals surface area (Å²) in [6.45, 7) is 0. The van der Waals surface area contributed by atoms with Gasteiger partial charge in [0.2, 0.25) is 0 Å². The minimum absolute atomic E-state index is 0.914. The third-order valence-electron chi connectivity index (χ3n) is 11.0. The molecule has 252 valence electrons. The lowest BCUT2D eigenvalue weighted by molar-refractivity contribution is 0.672. The summed E-state index contributed by atoms with van der Waals surface area (Å²) < 4.78 is 6.43. The monoisotopic (exact) mass is 687 g/mol. The van der Waals surface area contributed by atoms with Crippen LogP contribution >= 0.6 is 0 Å². The Labute approximate surface area is 312 Å². The normalized spacial score (nSPS) is 11.7. The molecule has 10 aromatic carbocycles. The van der Waals surface area contributed by atoms with Crippen molar-refractivity contribution in [2.75, 3.05) is 4.90 Å². The van der Waals surface area contributed by atoms with Crippen LogP contribution in [0.5, 0.6) is 0 Å². The first-order chi connectivity index (χ1) is 26.8. The number of rotatable bonds is 5. The Hall–Kier alpha value is -7.16. The maximum atomic E-state index is 6.43. The van der Waals surface area contributed by atoms with Crippen LogP contribution in [0.3, 0.4) is 0 Å². The number of furan rings is 1. The molecule has 0 bridgehead atoms. The third kappa shape index (κ3) is 4.88. The molecule has 1 heterocycles. The SMILES string of the molecule is c1ccc2c(-c3ccc(-c4ccc(N(c5ccc6c(ccc7c8ccccc8oc67)c5)c5cc6ccccc6c6ccccc56)cc4)cc3)cccc2c1. The Morgan fingerprint density at radius 2 is 0.889 bits per heavy atom. The van der Waals surface area contributed by atoms with E-state index < -0.39 is 0 Å². The van der Waals surface area contributed by atoms with Crippen molar-refractivity contribution in [1.29, 1.82) is 0 Å². The zero-order chi connectivity index (χ0) is 35.6. The zero-order valence-corrected chi connectivity index (χ0v) is 29.4. The summed E-state index contributed by atoms with van der Waals surface area (Å²) in [4.78, 5) is 2.41. The van der Waals surface area contributed by atoms with Gasteiger partial charge in [-0.3, -0.25) is 0 Å². The van der Waals surface area contributed by atoms with Crippen LogP contribution < -0.4 is 4.90 Å². The standard InChI is InChI=1S/C52H33NO/c1-3-13-42-36(10-1)12-9-18-43(42)37-22-20-34(21-23-37)35-24-27-40(28-25-35)53(50-33-38-11-2-4-14-44(38)46-15-5-6-16-47(46)50)41-29-31-45-39(32-41)26-30-49-48-17-7-8-19-51(48)54-52(45)49/h1-33H. The van der Waals surface area contributed by atoms with Gasteiger partial charge < -0.3 is 9.32 Å². The fraction of sp³-hybridized carbons (Fsp3) is 0. The van der Waals surface area contributed by atoms with E-state index in [-0.39, 0.29) is 0 Å². The second-order valence-electron chi connectivity index (χ2n) is 14.1. The number of hydrogen-bond acceptors (Lipinski definition) is 2. The first-order valence-electron chi connectivity index (χ1n) is 18.5. The van der Waals surface area contributed by atoms with Gasteiger partial charge in [0.05, 0.1) is 5.69 Å². The molecule has 0 aliphatic carbocycles. The first kappa shape index (κ1) is 30.5. The summed E-state index contributed by atoms with van der Waals surface area (Å²) in [6.07, 6.45) is 0. The molecule has 11 aromatic rings. The van der Waals surface area contributed by atoms with Crippen molar-refractivity contribution in [2.24, 2.45) is 0 Å². The van der Waals surface area contributed by atoms with Crippen LogP contribution in [0, 0.1) is 0 Å². The van der Waals surface area contributed by atoms with Gasteiger partial charge in [0.25, 0.3) is 0 Å². The predicted octanol–water partition coefficient (Wildman–Crippen LogP) is 15.0. The number of fused-ring (bicyclic) bond motifs is 9. The maximum absolute atomic E-state index is 6.43. The Morgan fingerprint density at radius 1 is 0.315 bits per heavy atom. The average Bonchev–Trinajstić information content (AvgIpc) is 3.63. The summed E-state index contributed by atoms with van der Waals surface area (Å²) in [5, 5.41) is 12.0. The molecule has 0 saturated carbocycles. The van der Waals surface area contributed by atoms with E-state index in [0.29, 0.717) is 0 Å². The topological polar surface area (TPSA) is 16.4 Å². The number of anilines is 3. The molecule has 0 atom stereocenters. The fourth-order valence-corrected chi connectivity index (χ4v) is 8.41. The molecule has 0 fully saturated rings. The summed E-state index contributed by atoms with van der Waals surface area (Å²) >= 11 is 0. The van der Waals surface area contributed by atoms with Crippen LogP contribution in [0.25, 0.3) is 87.3 Å². The number of para-hydroxylation sites is 1. The molecule has 0 N–H and O–H groups in total. The van der Waals surface area contributed by atoms with E-state index in [1.165, 1.54) is 54.6 Å². The maximum Gasteiger partial charge on any atom is 0.143 e. The fourth-order valence-electron chi connectivity index (χ4n) is 8.41. The van der Waals surface area contributed by atoms with E-state index in [0.717, 1.165) is 49.8 Å². The molecule has 0 spiro atoms. The lowest BCUT2D eigenvalue weighted by atomic mass is 9.96. The molecule has 0 aliphatic heterocycles. The third-order valence-corrected chi connectivity index (χ3v) is 11.0. The highest BCUT2D eigenvalue weighted by molar-refractivity contribution is 6.17. The zero-order valence-electron chi connectivity index (χ0n) is 29.4. The second kappa shape index (κ2) is 12.2. The highest BCUT2D eigenvalue weighted by Gasteiger charge is 2.19. The van der Waals surface area contributed by atoms with Crippen molar-refractivity contribution < 1.29 is 4.42 Å². The Bertz CT molecular complexity index is 3200. The minimum atomic E-state index is 0.914. The largest absolute Gasteiger partial charge is 0.455 e. The van der Waals surface area contributed by atoms with E-state index in [4.69, 9.17) is 4.42 Å². The van der Waals surface area contributed by atoms with Gasteiger partial charge in [-0.15, -0.1) is 0 Å². The lowest BCUT2D eigenvalue weighted by Gasteiger charge is -2.28. The van der Waals surface area contributed by atoms with Crippen LogP contribution in [-0.4, -0.2) is 0 Å². The van der Waals surface area contributed by atoms with Gasteiger partial charge in [-0.25, -0.2) is 0 Å². The van der Waals surface area contributed by atoms with E-state index in [2.05, 4.69) is 193 Å². The molecule has 0 amide bonds. The van der Waals surface area contributed by atoms with Gasteiger partial charge in [0.15, 0.2) is 0 Å². The quantitative estimate of drug-likeness (QED) is 0.168. The number of nitrogens with zero attached hydrogens (tertiary/aromatic N) is 1. The van der Waals surface area contributed by atoms with E-state index in [9.17, 15) is 0 Å². The van der Waals surface area contributed by atoms with Gasteiger partial charge in [-0.05, 0) is 103 Å². The van der Waals surface area contributed by atoms with E-state index in [1.807, 2.05) is 12.1 Å². The molecule has 2 heteroatoms. The van der Waals surface area contributed by atoms with Crippen LogP contribution in [0.1, 0.15) is 0 Å². The van der Waals surface area contributed by atoms with E-state index in [1.54, 1.807) is 0 Å². The summed E-state index contributed by atoms with van der Waals surface area (Å²) in [5.41, 5.74) is 10.0. The Morgan fingerprint density at radius 3 is 1.70 bits per heavy atom. The summed E-state index contributed by atoms with van der Waals surface area (Å²) in [7, 11) is 0. The molecule has 0 radical (unpaired) electrons. The molecule has 1 aromatic heterocycles. The lowest BCUT2D eigenvalue weighted by Crippen LogP contribution is -2.10. The van der Waals surface area contributed by atoms with Gasteiger partial charge in [-0.2, -0.15) is 0 Å². The Balaban J connectivity index is 1.05. The minimum Gasteiger partial charge on any atom is -0.455 e. The molecule has 11 rings (SSSR count). The van der Waals surface area contributed by atoms with Gasteiger partial charge in [-0.1, -0.05) is 152 Å². The van der Waals surface area contributed by atoms with Gasteiger partial charge in [0, 0.05) is 32.9 Å². The highest BCUT2D eigenvalue weighted by Crippen LogP contribution is 2.44. The number of hydrogen-bond donors (Lipinski definition) is 0. The first-order valence-corrected chi connectivity index (χ1v) is 18.5. The van der Waals surface area contributed by atoms with E-state index >= 15 is 0 Å². The molecule has 2 nitrogen and oxygen atoms in total. The molecular weight excluding hydrogens is 655 g/mol. The second-order valence-corrected chi connectivity index (χ2v) is 14.1. The van der Waals surface area contributed by atoms with Crippen molar-refractivity contribution in [3.63, 3.8) is 0 Å². The van der Waals surface area contributed by atoms with Crippen molar-refractivity contribution in [1.82, 2.24) is 0 Å². The van der Waals surface area contributed by atoms with Crippen molar-refractivity contribution >= 4 is 82.1 Å². The summed E-state index contributed by atoms with van der Waals surface area (Å²) in [6, 6.07) is 72.3. The van der Waals surface area contributed by atoms with Crippen molar-refractivity contribution in [2.45, 2.75) is 0 Å². The van der Waals surface area contributed by atoms with Gasteiger partial charge in [0.1, 0.15) is 11.2 Å². The predicted molar refractivity (Wildman–Crippen MR) is 229 cm³/mol. The van der Waals surface area contributed by atoms with Crippen molar-refractivity contribution in [3.05, 3.63) is 200 Å². The van der Waals surface area contributed by atoms with Crippen LogP contribution in [0.4, 0.5) is 17.1 Å². The Kier molecular flexibility index (Phi) is 6.90. The average molecular weight is 688 g/mol. The smallest absolute Gasteiger partial charge is 0.143 e. The summed E-state index contributed by atoms with van der Waals surface area (Å²) in [5.74, 6) is 0. The number of benzene rings is 10. The molecule has 54 heavy (non-hydrogen) atoms. The van der Waals surface area contributed by atoms with Crippen LogP contribution in [-0.2, 0) is 0 Å². The van der Waals surface area contributed by atoms with Crippen LogP contribution in [0.15, 0.2) is 205 Å². The van der Waals surface area contributed by atoms with Crippen LogP contribution in [0.2, 0.25) is 0 Å². The molecule has 0 saturated heterocycles. The molecular formula is C52H33NO.